The van der Waals surface area contributed by atoms with Gasteiger partial charge >= 0.3 is 0 Å². The van der Waals surface area contributed by atoms with Gasteiger partial charge in [-0.2, -0.15) is 0 Å². The van der Waals surface area contributed by atoms with E-state index in [9.17, 15) is 0 Å². The number of nitrogens with one attached hydrogen (secondary N) is 1. The fourth-order valence-electron chi connectivity index (χ4n) is 3.23. The van der Waals surface area contributed by atoms with Gasteiger partial charge in [0.15, 0.2) is 0 Å². The van der Waals surface area contributed by atoms with Crippen molar-refractivity contribution in [3.8, 4) is 0 Å². The molecule has 1 N–H and O–H groups in total. The van der Waals surface area contributed by atoms with E-state index in [-0.39, 0.29) is 0 Å². The maximum Gasteiger partial charge on any atom is 0.0678 e. The van der Waals surface area contributed by atoms with Crippen LogP contribution in [0.5, 0.6) is 0 Å². The van der Waals surface area contributed by atoms with Gasteiger partial charge in [0.1, 0.15) is 0 Å². The van der Waals surface area contributed by atoms with E-state index in [0.717, 1.165) is 25.7 Å². The Morgan fingerprint density at radius 3 is 2.90 bits per heavy atom. The maximum absolute atomic E-state index is 5.48. The molecule has 0 aromatic heterocycles. The number of benzene rings is 1. The van der Waals surface area contributed by atoms with Crippen molar-refractivity contribution in [2.75, 3.05) is 31.7 Å². The number of fused-ring (bicyclic) bond motifs is 1. The van der Waals surface area contributed by atoms with Crippen LogP contribution in [-0.4, -0.2) is 38.9 Å². The van der Waals surface area contributed by atoms with Gasteiger partial charge in [0.25, 0.3) is 0 Å². The van der Waals surface area contributed by atoms with Crippen LogP contribution in [0.3, 0.4) is 0 Å². The van der Waals surface area contributed by atoms with E-state index in [1.165, 1.54) is 30.5 Å². The molecule has 0 spiro atoms. The van der Waals surface area contributed by atoms with Crippen LogP contribution in [0, 0.1) is 5.92 Å². The Bertz CT molecular complexity index is 444. The van der Waals surface area contributed by atoms with Crippen molar-refractivity contribution in [1.82, 2.24) is 5.32 Å². The van der Waals surface area contributed by atoms with Gasteiger partial charge in [-0.15, -0.1) is 0 Å². The van der Waals surface area contributed by atoms with Gasteiger partial charge in [0, 0.05) is 31.9 Å². The van der Waals surface area contributed by atoms with Crippen LogP contribution in [0.15, 0.2) is 24.3 Å². The highest BCUT2D eigenvalue weighted by Crippen LogP contribution is 2.31. The lowest BCUT2D eigenvalue weighted by Gasteiger charge is -2.40. The molecule has 0 bridgehead atoms. The molecule has 110 valence electrons. The number of ether oxygens (including phenoxy) is 1. The number of nitrogens with zero attached hydrogens (tertiary/aromatic N) is 1. The van der Waals surface area contributed by atoms with Crippen molar-refractivity contribution < 1.29 is 4.74 Å². The zero-order valence-corrected chi connectivity index (χ0v) is 12.6. The summed E-state index contributed by atoms with van der Waals surface area (Å²) in [5, 5.41) is 3.66. The van der Waals surface area contributed by atoms with Crippen LogP contribution in [0.4, 0.5) is 5.69 Å². The molecule has 1 fully saturated rings. The smallest absolute Gasteiger partial charge is 0.0678 e. The lowest BCUT2D eigenvalue weighted by molar-refractivity contribution is 0.172. The third kappa shape index (κ3) is 3.15. The quantitative estimate of drug-likeness (QED) is 0.862. The van der Waals surface area contributed by atoms with Crippen LogP contribution < -0.4 is 10.2 Å². The molecule has 2 aliphatic rings. The Morgan fingerprint density at radius 1 is 1.35 bits per heavy atom. The van der Waals surface area contributed by atoms with Crippen molar-refractivity contribution in [3.63, 3.8) is 0 Å². The topological polar surface area (TPSA) is 24.5 Å². The van der Waals surface area contributed by atoms with Crippen LogP contribution >= 0.6 is 0 Å². The molecule has 1 aromatic carbocycles. The number of rotatable bonds is 6. The van der Waals surface area contributed by atoms with Crippen LogP contribution in [0.25, 0.3) is 0 Å². The first kappa shape index (κ1) is 13.9. The third-order valence-electron chi connectivity index (χ3n) is 4.40. The summed E-state index contributed by atoms with van der Waals surface area (Å²) >= 11 is 0. The molecule has 3 nitrogen and oxygen atoms in total. The first-order valence-electron chi connectivity index (χ1n) is 7.84. The zero-order valence-electron chi connectivity index (χ0n) is 12.6. The molecule has 0 radical (unpaired) electrons. The Kier molecular flexibility index (Phi) is 4.27. The molecule has 0 amide bonds. The van der Waals surface area contributed by atoms with E-state index in [4.69, 9.17) is 4.74 Å². The van der Waals surface area contributed by atoms with E-state index < -0.39 is 0 Å². The summed E-state index contributed by atoms with van der Waals surface area (Å²) in [5.41, 5.74) is 2.89. The summed E-state index contributed by atoms with van der Waals surface area (Å²) in [6, 6.07) is 10.0. The van der Waals surface area contributed by atoms with Gasteiger partial charge in [-0.05, 0) is 36.8 Å². The molecule has 1 aliphatic carbocycles. The van der Waals surface area contributed by atoms with Crippen LogP contribution in [0.2, 0.25) is 0 Å². The fourth-order valence-corrected chi connectivity index (χ4v) is 3.23. The fraction of sp³-hybridized carbons (Fsp3) is 0.647. The largest absolute Gasteiger partial charge is 0.383 e. The minimum Gasteiger partial charge on any atom is -0.383 e. The summed E-state index contributed by atoms with van der Waals surface area (Å²) in [6.45, 7) is 5.30. The normalized spacial score (nSPS) is 23.5. The summed E-state index contributed by atoms with van der Waals surface area (Å²) in [5.74, 6) is 0.713. The second kappa shape index (κ2) is 6.15. The third-order valence-corrected chi connectivity index (χ3v) is 4.40. The number of hydrogen-bond acceptors (Lipinski definition) is 3. The van der Waals surface area contributed by atoms with E-state index in [2.05, 4.69) is 41.4 Å². The molecule has 1 heterocycles. The van der Waals surface area contributed by atoms with Crippen molar-refractivity contribution in [2.45, 2.75) is 38.3 Å². The summed E-state index contributed by atoms with van der Waals surface area (Å²) in [7, 11) is 1.81. The SMILES string of the molecule is COCC(CNC1CC1)N1CC(C)Cc2ccccc21. The summed E-state index contributed by atoms with van der Waals surface area (Å²) < 4.78 is 5.48. The molecular formula is C17H26N2O. The zero-order chi connectivity index (χ0) is 13.9. The maximum atomic E-state index is 5.48. The standard InChI is InChI=1S/C17H26N2O/c1-13-9-14-5-3-4-6-17(14)19(11-13)16(12-20-2)10-18-15-7-8-15/h3-6,13,15-16,18H,7-12H2,1-2H3. The van der Waals surface area contributed by atoms with Gasteiger partial charge in [0.05, 0.1) is 12.6 Å². The first-order valence-corrected chi connectivity index (χ1v) is 7.84. The molecule has 0 saturated heterocycles. The second-order valence-electron chi connectivity index (χ2n) is 6.38. The lowest BCUT2D eigenvalue weighted by Crippen LogP contribution is -2.49. The molecule has 1 aromatic rings. The number of para-hydroxylation sites is 1. The Morgan fingerprint density at radius 2 is 2.15 bits per heavy atom. The van der Waals surface area contributed by atoms with Crippen molar-refractivity contribution >= 4 is 5.69 Å². The van der Waals surface area contributed by atoms with Crippen molar-refractivity contribution in [1.29, 1.82) is 0 Å². The van der Waals surface area contributed by atoms with Gasteiger partial charge in [-0.3, -0.25) is 0 Å². The molecule has 3 rings (SSSR count). The van der Waals surface area contributed by atoms with Gasteiger partial charge in [-0.1, -0.05) is 25.1 Å². The van der Waals surface area contributed by atoms with Crippen LogP contribution in [0.1, 0.15) is 25.3 Å². The van der Waals surface area contributed by atoms with Crippen molar-refractivity contribution in [3.05, 3.63) is 29.8 Å². The molecular weight excluding hydrogens is 248 g/mol. The summed E-state index contributed by atoms with van der Waals surface area (Å²) in [6.07, 6.45) is 3.88. The van der Waals surface area contributed by atoms with E-state index in [1.807, 2.05) is 7.11 Å². The minimum atomic E-state index is 0.435. The predicted octanol–water partition coefficient (Wildman–Crippen LogP) is 2.45. The lowest BCUT2D eigenvalue weighted by atomic mass is 9.92. The molecule has 2 unspecified atom stereocenters. The average Bonchev–Trinajstić information content (AvgIpc) is 3.26. The molecule has 1 aliphatic heterocycles. The Labute approximate surface area is 122 Å². The van der Waals surface area contributed by atoms with E-state index in [1.54, 1.807) is 0 Å². The number of methoxy groups -OCH3 is 1. The molecule has 3 heteroatoms. The highest BCUT2D eigenvalue weighted by Gasteiger charge is 2.29. The second-order valence-corrected chi connectivity index (χ2v) is 6.38. The average molecular weight is 274 g/mol. The van der Waals surface area contributed by atoms with Gasteiger partial charge in [0.2, 0.25) is 0 Å². The van der Waals surface area contributed by atoms with E-state index in [0.29, 0.717) is 12.0 Å². The highest BCUT2D eigenvalue weighted by atomic mass is 16.5. The molecule has 20 heavy (non-hydrogen) atoms. The first-order chi connectivity index (χ1) is 9.78. The number of anilines is 1. The van der Waals surface area contributed by atoms with Crippen LogP contribution in [-0.2, 0) is 11.2 Å². The summed E-state index contributed by atoms with van der Waals surface area (Å²) in [4.78, 5) is 2.56. The Hall–Kier alpha value is -1.06. The van der Waals surface area contributed by atoms with E-state index >= 15 is 0 Å². The molecule has 1 saturated carbocycles. The Balaban J connectivity index is 1.77. The number of hydrogen-bond donors (Lipinski definition) is 1. The minimum absolute atomic E-state index is 0.435. The highest BCUT2D eigenvalue weighted by molar-refractivity contribution is 5.56. The monoisotopic (exact) mass is 274 g/mol. The van der Waals surface area contributed by atoms with Crippen molar-refractivity contribution in [2.24, 2.45) is 5.92 Å². The molecule has 2 atom stereocenters. The predicted molar refractivity (Wildman–Crippen MR) is 83.3 cm³/mol. The van der Waals surface area contributed by atoms with Gasteiger partial charge in [-0.25, -0.2) is 0 Å². The van der Waals surface area contributed by atoms with Gasteiger partial charge < -0.3 is 15.0 Å².